The van der Waals surface area contributed by atoms with Crippen LogP contribution in [0.5, 0.6) is 0 Å². The van der Waals surface area contributed by atoms with Gasteiger partial charge in [0.05, 0.1) is 25.0 Å². The van der Waals surface area contributed by atoms with E-state index in [0.717, 1.165) is 0 Å². The second-order valence-corrected chi connectivity index (χ2v) is 9.22. The number of hydrogen-bond donors (Lipinski definition) is 7. The number of rotatable bonds is 12. The number of amides is 1. The molecule has 8 N–H and O–H groups in total. The molecule has 3 heterocycles. The summed E-state index contributed by atoms with van der Waals surface area (Å²) in [5, 5.41) is 33.4. The SMILES string of the molecule is Nc1nc2ncc(CNc3ccc(C(=O)NC(CCC(=O)O)C(=O)OC4C(=O)C(=O)O[C@@H]4[C@@H](O)CO)cc3)nc2c(=O)[nH]1. The molecular formula is C25H25N7O11. The fourth-order valence-corrected chi connectivity index (χ4v) is 3.97. The monoisotopic (exact) mass is 599 g/mol. The van der Waals surface area contributed by atoms with E-state index in [-0.39, 0.29) is 29.2 Å². The molecule has 1 aromatic carbocycles. The van der Waals surface area contributed by atoms with Gasteiger partial charge in [0.25, 0.3) is 17.2 Å². The highest BCUT2D eigenvalue weighted by molar-refractivity contribution is 6.37. The molecule has 2 unspecified atom stereocenters. The van der Waals surface area contributed by atoms with Crippen molar-refractivity contribution in [1.29, 1.82) is 0 Å². The van der Waals surface area contributed by atoms with E-state index >= 15 is 0 Å². The van der Waals surface area contributed by atoms with Crippen molar-refractivity contribution >= 4 is 52.4 Å². The number of nitrogen functional groups attached to an aromatic ring is 1. The van der Waals surface area contributed by atoms with E-state index in [9.17, 15) is 33.9 Å². The predicted molar refractivity (Wildman–Crippen MR) is 142 cm³/mol. The van der Waals surface area contributed by atoms with Crippen LogP contribution >= 0.6 is 0 Å². The lowest BCUT2D eigenvalue weighted by Gasteiger charge is -2.23. The first-order valence-corrected chi connectivity index (χ1v) is 12.6. The third-order valence-electron chi connectivity index (χ3n) is 6.15. The van der Waals surface area contributed by atoms with Crippen LogP contribution in [-0.2, 0) is 35.2 Å². The van der Waals surface area contributed by atoms with Gasteiger partial charge in [0, 0.05) is 17.7 Å². The van der Waals surface area contributed by atoms with E-state index < -0.39 is 79.0 Å². The van der Waals surface area contributed by atoms with Gasteiger partial charge in [-0.2, -0.15) is 4.98 Å². The fraction of sp³-hybridized carbons (Fsp3) is 0.320. The maximum Gasteiger partial charge on any atom is 0.379 e. The van der Waals surface area contributed by atoms with Crippen molar-refractivity contribution in [1.82, 2.24) is 25.3 Å². The Morgan fingerprint density at radius 3 is 2.53 bits per heavy atom. The summed E-state index contributed by atoms with van der Waals surface area (Å²) in [4.78, 5) is 87.1. The number of aromatic amines is 1. The molecule has 0 radical (unpaired) electrons. The van der Waals surface area contributed by atoms with E-state index in [1.807, 2.05) is 0 Å². The van der Waals surface area contributed by atoms with Crippen molar-refractivity contribution in [3.63, 3.8) is 0 Å². The molecule has 2 aromatic heterocycles. The number of carboxylic acid groups (broad SMARTS) is 1. The second kappa shape index (κ2) is 13.0. The molecule has 18 heteroatoms. The van der Waals surface area contributed by atoms with Crippen LogP contribution in [0.4, 0.5) is 11.6 Å². The maximum atomic E-state index is 12.9. The van der Waals surface area contributed by atoms with Crippen LogP contribution < -0.4 is 21.9 Å². The number of anilines is 2. The van der Waals surface area contributed by atoms with Gasteiger partial charge in [-0.15, -0.1) is 0 Å². The van der Waals surface area contributed by atoms with Gasteiger partial charge in [-0.3, -0.25) is 24.2 Å². The largest absolute Gasteiger partial charge is 0.481 e. The number of carboxylic acids is 1. The van der Waals surface area contributed by atoms with E-state index in [1.165, 1.54) is 30.5 Å². The number of benzene rings is 1. The molecule has 4 atom stereocenters. The Kier molecular flexibility index (Phi) is 9.21. The summed E-state index contributed by atoms with van der Waals surface area (Å²) in [6.45, 7) is -0.759. The molecule has 1 saturated heterocycles. The highest BCUT2D eigenvalue weighted by Crippen LogP contribution is 2.20. The summed E-state index contributed by atoms with van der Waals surface area (Å²) < 4.78 is 9.69. The smallest absolute Gasteiger partial charge is 0.379 e. The van der Waals surface area contributed by atoms with E-state index in [2.05, 4.69) is 35.3 Å². The summed E-state index contributed by atoms with van der Waals surface area (Å²) in [5.41, 5.74) is 6.07. The summed E-state index contributed by atoms with van der Waals surface area (Å²) in [6, 6.07) is 4.31. The minimum absolute atomic E-state index is 0.00742. The van der Waals surface area contributed by atoms with E-state index in [1.54, 1.807) is 0 Å². The van der Waals surface area contributed by atoms with Crippen LogP contribution in [0, 0.1) is 0 Å². The number of carbonyl (C=O) groups excluding carboxylic acids is 4. The number of nitrogens with two attached hydrogens (primary N) is 1. The number of hydrogen-bond acceptors (Lipinski definition) is 15. The minimum Gasteiger partial charge on any atom is -0.481 e. The van der Waals surface area contributed by atoms with Crippen LogP contribution in [0.2, 0.25) is 0 Å². The first-order valence-electron chi connectivity index (χ1n) is 12.6. The average molecular weight is 600 g/mol. The highest BCUT2D eigenvalue weighted by atomic mass is 16.6. The molecule has 1 amide bonds. The number of nitrogens with one attached hydrogen (secondary N) is 3. The quantitative estimate of drug-likeness (QED) is 0.0845. The van der Waals surface area contributed by atoms with Gasteiger partial charge in [0.1, 0.15) is 12.1 Å². The number of ether oxygens (including phenoxy) is 2. The number of aliphatic carboxylic acids is 1. The normalized spacial score (nSPS) is 17.6. The van der Waals surface area contributed by atoms with Gasteiger partial charge in [-0.1, -0.05) is 0 Å². The zero-order valence-electron chi connectivity index (χ0n) is 22.1. The predicted octanol–water partition coefficient (Wildman–Crippen LogP) is -2.37. The number of carbonyl (C=O) groups is 5. The van der Waals surface area contributed by atoms with Gasteiger partial charge in [0.15, 0.2) is 17.3 Å². The van der Waals surface area contributed by atoms with E-state index in [0.29, 0.717) is 11.4 Å². The summed E-state index contributed by atoms with van der Waals surface area (Å²) in [6.07, 6.45) is -4.90. The number of Topliss-reactive ketones (excluding diaryl/α,β-unsaturated/α-hetero) is 1. The average Bonchev–Trinajstić information content (AvgIpc) is 3.26. The van der Waals surface area contributed by atoms with Crippen molar-refractivity contribution in [2.24, 2.45) is 0 Å². The van der Waals surface area contributed by atoms with Gasteiger partial charge in [0.2, 0.25) is 12.1 Å². The Labute approximate surface area is 240 Å². The Bertz CT molecular complexity index is 1630. The van der Waals surface area contributed by atoms with Crippen LogP contribution in [0.3, 0.4) is 0 Å². The lowest BCUT2D eigenvalue weighted by Crippen LogP contribution is -2.47. The Morgan fingerprint density at radius 1 is 1.14 bits per heavy atom. The van der Waals surface area contributed by atoms with Gasteiger partial charge >= 0.3 is 17.9 Å². The highest BCUT2D eigenvalue weighted by Gasteiger charge is 2.50. The standard InChI is InChI=1S/C25H25N7O11/c26-25-31-20-16(22(39)32-25)29-12(8-28-20)7-27-11-3-1-10(2-4-11)21(38)30-13(5-6-15(35)36)23(40)43-19-17(37)24(41)42-18(19)14(34)9-33/h1-4,8,13-14,18-19,27,33-34H,5-7,9H2,(H,30,38)(H,35,36)(H3,26,28,31,32,39)/t13?,14-,18+,19?/m0/s1. The molecule has 1 aliphatic rings. The number of fused-ring (bicyclic) bond motifs is 1. The van der Waals surface area contributed by atoms with Crippen LogP contribution in [0.1, 0.15) is 28.9 Å². The number of ketones is 1. The molecule has 18 nitrogen and oxygen atoms in total. The molecule has 3 aromatic rings. The van der Waals surface area contributed by atoms with Crippen LogP contribution in [0.25, 0.3) is 11.2 Å². The van der Waals surface area contributed by atoms with Crippen molar-refractivity contribution in [2.75, 3.05) is 17.7 Å². The number of cyclic esters (lactones) is 1. The van der Waals surface area contributed by atoms with Crippen molar-refractivity contribution in [3.05, 3.63) is 52.1 Å². The molecule has 4 rings (SSSR count). The third kappa shape index (κ3) is 7.24. The summed E-state index contributed by atoms with van der Waals surface area (Å²) >= 11 is 0. The molecular weight excluding hydrogens is 574 g/mol. The summed E-state index contributed by atoms with van der Waals surface area (Å²) in [5.74, 6) is -6.10. The van der Waals surface area contributed by atoms with Crippen LogP contribution in [0.15, 0.2) is 35.3 Å². The number of aliphatic hydroxyl groups excluding tert-OH is 2. The van der Waals surface area contributed by atoms with Gasteiger partial charge in [-0.05, 0) is 30.7 Å². The van der Waals surface area contributed by atoms with Crippen LogP contribution in [-0.4, -0.2) is 95.8 Å². The molecule has 43 heavy (non-hydrogen) atoms. The lowest BCUT2D eigenvalue weighted by molar-refractivity contribution is -0.162. The Hall–Kier alpha value is -5.49. The topological polar surface area (TPSA) is 286 Å². The zero-order valence-corrected chi connectivity index (χ0v) is 22.1. The molecule has 0 saturated carbocycles. The third-order valence-corrected chi connectivity index (χ3v) is 6.15. The van der Waals surface area contributed by atoms with E-state index in [4.69, 9.17) is 20.7 Å². The molecule has 226 valence electrons. The Morgan fingerprint density at radius 2 is 1.86 bits per heavy atom. The molecule has 0 aliphatic carbocycles. The van der Waals surface area contributed by atoms with Crippen molar-refractivity contribution in [3.8, 4) is 0 Å². The molecule has 0 spiro atoms. The number of H-pyrrole nitrogens is 1. The molecule has 0 bridgehead atoms. The van der Waals surface area contributed by atoms with Crippen molar-refractivity contribution < 1.29 is 48.8 Å². The first kappa shape index (κ1) is 30.5. The minimum atomic E-state index is -1.91. The molecule has 1 aliphatic heterocycles. The summed E-state index contributed by atoms with van der Waals surface area (Å²) in [7, 11) is 0. The maximum absolute atomic E-state index is 12.9. The van der Waals surface area contributed by atoms with Gasteiger partial charge < -0.3 is 41.2 Å². The number of esters is 2. The first-order chi connectivity index (χ1) is 20.5. The number of aliphatic hydroxyl groups is 2. The number of aromatic nitrogens is 4. The van der Waals surface area contributed by atoms with Crippen molar-refractivity contribution in [2.45, 2.75) is 43.7 Å². The fourth-order valence-electron chi connectivity index (χ4n) is 3.97. The molecule has 1 fully saturated rings. The van der Waals surface area contributed by atoms with Gasteiger partial charge in [-0.25, -0.2) is 19.6 Å². The number of nitrogens with zero attached hydrogens (tertiary/aromatic N) is 3. The second-order valence-electron chi connectivity index (χ2n) is 9.22. The zero-order chi connectivity index (χ0) is 31.3. The Balaban J connectivity index is 1.41. The lowest BCUT2D eigenvalue weighted by atomic mass is 10.1.